The average Bonchev–Trinajstić information content (AvgIpc) is 2.58. The SMILES string of the molecule is CC1CN(S(=O)(=O)CCC(=O)O)CC1N(C)C. The van der Waals surface area contributed by atoms with Gasteiger partial charge in [0.2, 0.25) is 10.0 Å². The Labute approximate surface area is 102 Å². The molecule has 2 atom stereocenters. The first kappa shape index (κ1) is 14.4. The van der Waals surface area contributed by atoms with Crippen molar-refractivity contribution in [2.24, 2.45) is 5.92 Å². The minimum atomic E-state index is -3.43. The standard InChI is InChI=1S/C10H20N2O4S/c1-8-6-12(7-9(8)11(2)3)17(15,16)5-4-10(13)14/h8-9H,4-7H2,1-3H3,(H,13,14). The molecule has 0 aliphatic carbocycles. The van der Waals surface area contributed by atoms with E-state index in [-0.39, 0.29) is 24.1 Å². The van der Waals surface area contributed by atoms with E-state index in [2.05, 4.69) is 0 Å². The predicted molar refractivity (Wildman–Crippen MR) is 64.3 cm³/mol. The summed E-state index contributed by atoms with van der Waals surface area (Å²) in [4.78, 5) is 12.4. The van der Waals surface area contributed by atoms with Crippen LogP contribution in [0.3, 0.4) is 0 Å². The first-order chi connectivity index (χ1) is 7.74. The van der Waals surface area contributed by atoms with Crippen molar-refractivity contribution in [2.45, 2.75) is 19.4 Å². The Hall–Kier alpha value is -0.660. The zero-order valence-electron chi connectivity index (χ0n) is 10.5. The summed E-state index contributed by atoms with van der Waals surface area (Å²) in [5, 5.41) is 8.52. The van der Waals surface area contributed by atoms with Crippen LogP contribution in [0.25, 0.3) is 0 Å². The van der Waals surface area contributed by atoms with Crippen molar-refractivity contribution in [3.8, 4) is 0 Å². The van der Waals surface area contributed by atoms with Gasteiger partial charge in [0.05, 0.1) is 12.2 Å². The maximum Gasteiger partial charge on any atom is 0.304 e. The van der Waals surface area contributed by atoms with Crippen molar-refractivity contribution in [3.05, 3.63) is 0 Å². The summed E-state index contributed by atoms with van der Waals surface area (Å²) >= 11 is 0. The van der Waals surface area contributed by atoms with Crippen molar-refractivity contribution in [3.63, 3.8) is 0 Å². The van der Waals surface area contributed by atoms with Gasteiger partial charge in [0.1, 0.15) is 0 Å². The third-order valence-electron chi connectivity index (χ3n) is 3.17. The molecule has 0 radical (unpaired) electrons. The molecule has 1 rings (SSSR count). The van der Waals surface area contributed by atoms with Gasteiger partial charge in [0.15, 0.2) is 0 Å². The van der Waals surface area contributed by atoms with Crippen LogP contribution in [-0.2, 0) is 14.8 Å². The van der Waals surface area contributed by atoms with E-state index >= 15 is 0 Å². The minimum Gasteiger partial charge on any atom is -0.481 e. The number of sulfonamides is 1. The molecule has 1 heterocycles. The quantitative estimate of drug-likeness (QED) is 0.736. The molecule has 1 aliphatic rings. The van der Waals surface area contributed by atoms with E-state index in [1.165, 1.54) is 4.31 Å². The molecular formula is C10H20N2O4S. The molecule has 100 valence electrons. The lowest BCUT2D eigenvalue weighted by molar-refractivity contribution is -0.136. The van der Waals surface area contributed by atoms with E-state index in [1.807, 2.05) is 25.9 Å². The van der Waals surface area contributed by atoms with Crippen molar-refractivity contribution in [1.82, 2.24) is 9.21 Å². The molecule has 0 bridgehead atoms. The van der Waals surface area contributed by atoms with Crippen molar-refractivity contribution in [2.75, 3.05) is 32.9 Å². The summed E-state index contributed by atoms with van der Waals surface area (Å²) in [6.07, 6.45) is -0.333. The lowest BCUT2D eigenvalue weighted by atomic mass is 10.1. The van der Waals surface area contributed by atoms with Gasteiger partial charge in [-0.25, -0.2) is 12.7 Å². The predicted octanol–water partition coefficient (Wildman–Crippen LogP) is -0.327. The second-order valence-corrected chi connectivity index (χ2v) is 6.87. The number of likely N-dealkylation sites (N-methyl/N-ethyl adjacent to an activating group) is 1. The summed E-state index contributed by atoms with van der Waals surface area (Å²) in [5.41, 5.74) is 0. The fourth-order valence-electron chi connectivity index (χ4n) is 2.15. The highest BCUT2D eigenvalue weighted by molar-refractivity contribution is 7.89. The first-order valence-electron chi connectivity index (χ1n) is 5.60. The summed E-state index contributed by atoms with van der Waals surface area (Å²) in [6.45, 7) is 2.94. The molecule has 0 aromatic rings. The van der Waals surface area contributed by atoms with Gasteiger partial charge >= 0.3 is 5.97 Å². The van der Waals surface area contributed by atoms with Crippen LogP contribution in [-0.4, -0.2) is 67.7 Å². The summed E-state index contributed by atoms with van der Waals surface area (Å²) in [7, 11) is 0.422. The van der Waals surface area contributed by atoms with Crippen LogP contribution in [0.1, 0.15) is 13.3 Å². The number of carboxylic acid groups (broad SMARTS) is 1. The summed E-state index contributed by atoms with van der Waals surface area (Å²) < 4.78 is 25.2. The molecule has 0 saturated carbocycles. The number of aliphatic carboxylic acids is 1. The smallest absolute Gasteiger partial charge is 0.304 e. The Bertz CT molecular complexity index is 380. The second kappa shape index (κ2) is 5.32. The van der Waals surface area contributed by atoms with Gasteiger partial charge in [0.25, 0.3) is 0 Å². The number of nitrogens with zero attached hydrogens (tertiary/aromatic N) is 2. The molecule has 1 aliphatic heterocycles. The van der Waals surface area contributed by atoms with E-state index in [1.54, 1.807) is 0 Å². The highest BCUT2D eigenvalue weighted by Crippen LogP contribution is 2.23. The van der Waals surface area contributed by atoms with Gasteiger partial charge in [-0.3, -0.25) is 4.79 Å². The molecule has 6 nitrogen and oxygen atoms in total. The van der Waals surface area contributed by atoms with Gasteiger partial charge in [-0.2, -0.15) is 0 Å². The Morgan fingerprint density at radius 3 is 2.41 bits per heavy atom. The topological polar surface area (TPSA) is 77.9 Å². The van der Waals surface area contributed by atoms with Gasteiger partial charge in [0, 0.05) is 19.1 Å². The lowest BCUT2D eigenvalue weighted by Crippen LogP contribution is -2.36. The van der Waals surface area contributed by atoms with Crippen LogP contribution in [0.15, 0.2) is 0 Å². The molecule has 0 amide bonds. The van der Waals surface area contributed by atoms with Gasteiger partial charge < -0.3 is 10.0 Å². The van der Waals surface area contributed by atoms with Gasteiger partial charge in [-0.1, -0.05) is 6.92 Å². The Balaban J connectivity index is 2.66. The van der Waals surface area contributed by atoms with Crippen molar-refractivity contribution in [1.29, 1.82) is 0 Å². The highest BCUT2D eigenvalue weighted by Gasteiger charge is 2.37. The summed E-state index contributed by atoms with van der Waals surface area (Å²) in [6, 6.07) is 0.203. The number of hydrogen-bond donors (Lipinski definition) is 1. The first-order valence-corrected chi connectivity index (χ1v) is 7.21. The van der Waals surface area contributed by atoms with Crippen LogP contribution in [0.2, 0.25) is 0 Å². The highest BCUT2D eigenvalue weighted by atomic mass is 32.2. The molecule has 7 heteroatoms. The van der Waals surface area contributed by atoms with Crippen LogP contribution < -0.4 is 0 Å². The minimum absolute atomic E-state index is 0.203. The Morgan fingerprint density at radius 2 is 2.00 bits per heavy atom. The molecular weight excluding hydrogens is 244 g/mol. The Kier molecular flexibility index (Phi) is 4.51. The van der Waals surface area contributed by atoms with Gasteiger partial charge in [-0.15, -0.1) is 0 Å². The number of carbonyl (C=O) groups is 1. The van der Waals surface area contributed by atoms with E-state index in [0.29, 0.717) is 13.1 Å². The van der Waals surface area contributed by atoms with Crippen LogP contribution in [0.4, 0.5) is 0 Å². The van der Waals surface area contributed by atoms with E-state index in [0.717, 1.165) is 0 Å². The largest absolute Gasteiger partial charge is 0.481 e. The molecule has 17 heavy (non-hydrogen) atoms. The third-order valence-corrected chi connectivity index (χ3v) is 4.97. The van der Waals surface area contributed by atoms with Crippen LogP contribution in [0.5, 0.6) is 0 Å². The van der Waals surface area contributed by atoms with Gasteiger partial charge in [-0.05, 0) is 20.0 Å². The van der Waals surface area contributed by atoms with Crippen LogP contribution in [0, 0.1) is 5.92 Å². The molecule has 0 aromatic carbocycles. The normalized spacial score (nSPS) is 26.6. The molecule has 1 saturated heterocycles. The molecule has 2 unspecified atom stereocenters. The van der Waals surface area contributed by atoms with E-state index in [4.69, 9.17) is 5.11 Å². The zero-order chi connectivity index (χ0) is 13.2. The van der Waals surface area contributed by atoms with E-state index < -0.39 is 16.0 Å². The molecule has 1 fully saturated rings. The number of hydrogen-bond acceptors (Lipinski definition) is 4. The summed E-state index contributed by atoms with van der Waals surface area (Å²) in [5.74, 6) is -1.12. The molecule has 1 N–H and O–H groups in total. The van der Waals surface area contributed by atoms with Crippen molar-refractivity contribution < 1.29 is 18.3 Å². The van der Waals surface area contributed by atoms with Crippen LogP contribution >= 0.6 is 0 Å². The average molecular weight is 264 g/mol. The van der Waals surface area contributed by atoms with Crippen molar-refractivity contribution >= 4 is 16.0 Å². The Morgan fingerprint density at radius 1 is 1.41 bits per heavy atom. The maximum absolute atomic E-state index is 11.9. The fraction of sp³-hybridized carbons (Fsp3) is 0.900. The van der Waals surface area contributed by atoms with E-state index in [9.17, 15) is 13.2 Å². The molecule has 0 aromatic heterocycles. The lowest BCUT2D eigenvalue weighted by Gasteiger charge is -2.22. The fourth-order valence-corrected chi connectivity index (χ4v) is 3.68. The maximum atomic E-state index is 11.9. The third kappa shape index (κ3) is 3.65. The zero-order valence-corrected chi connectivity index (χ0v) is 11.3. The number of carboxylic acids is 1. The second-order valence-electron chi connectivity index (χ2n) is 4.78. The monoisotopic (exact) mass is 264 g/mol. The number of rotatable bonds is 5. The molecule has 0 spiro atoms.